The molecule has 2 N–H and O–H groups in total. The van der Waals surface area contributed by atoms with Gasteiger partial charge in [0.05, 0.1) is 23.2 Å². The van der Waals surface area contributed by atoms with Crippen molar-refractivity contribution in [3.8, 4) is 0 Å². The predicted octanol–water partition coefficient (Wildman–Crippen LogP) is 4.01. The Kier molecular flexibility index (Phi) is 5.93. The van der Waals surface area contributed by atoms with Crippen LogP contribution in [-0.2, 0) is 11.3 Å². The number of hydrogen-bond acceptors (Lipinski definition) is 2. The SMILES string of the molecule is NCC1CCCCC1COCc1c(F)ccc(Br)c1F. The Morgan fingerprint density at radius 3 is 2.60 bits per heavy atom. The molecule has 2 nitrogen and oxygen atoms in total. The molecule has 2 atom stereocenters. The quantitative estimate of drug-likeness (QED) is 0.816. The zero-order valence-electron chi connectivity index (χ0n) is 11.4. The fraction of sp³-hybridized carbons (Fsp3) is 0.600. The summed E-state index contributed by atoms with van der Waals surface area (Å²) in [7, 11) is 0. The van der Waals surface area contributed by atoms with Crippen molar-refractivity contribution < 1.29 is 13.5 Å². The van der Waals surface area contributed by atoms with Crippen molar-refractivity contribution in [2.75, 3.05) is 13.2 Å². The van der Waals surface area contributed by atoms with Crippen LogP contribution >= 0.6 is 15.9 Å². The van der Waals surface area contributed by atoms with Gasteiger partial charge >= 0.3 is 0 Å². The van der Waals surface area contributed by atoms with Gasteiger partial charge in [-0.3, -0.25) is 0 Å². The van der Waals surface area contributed by atoms with Crippen LogP contribution in [0.2, 0.25) is 0 Å². The standard InChI is InChI=1S/C15H20BrF2NO/c16-13-5-6-14(17)12(15(13)18)9-20-8-11-4-2-1-3-10(11)7-19/h5-6,10-11H,1-4,7-9,19H2. The van der Waals surface area contributed by atoms with Gasteiger partial charge in [0.15, 0.2) is 0 Å². The zero-order chi connectivity index (χ0) is 14.5. The van der Waals surface area contributed by atoms with Crippen molar-refractivity contribution in [1.29, 1.82) is 0 Å². The summed E-state index contributed by atoms with van der Waals surface area (Å²) in [5.74, 6) is -0.262. The van der Waals surface area contributed by atoms with Gasteiger partial charge in [-0.05, 0) is 59.3 Å². The Balaban J connectivity index is 1.91. The Morgan fingerprint density at radius 2 is 1.90 bits per heavy atom. The zero-order valence-corrected chi connectivity index (χ0v) is 13.0. The van der Waals surface area contributed by atoms with Crippen molar-refractivity contribution in [2.24, 2.45) is 17.6 Å². The summed E-state index contributed by atoms with van der Waals surface area (Å²) >= 11 is 3.06. The van der Waals surface area contributed by atoms with Crippen LogP contribution < -0.4 is 5.73 Å². The summed E-state index contributed by atoms with van der Waals surface area (Å²) in [6.07, 6.45) is 4.62. The second-order valence-electron chi connectivity index (χ2n) is 5.38. The first kappa shape index (κ1) is 15.9. The highest BCUT2D eigenvalue weighted by atomic mass is 79.9. The van der Waals surface area contributed by atoms with Gasteiger partial charge in [0.25, 0.3) is 0 Å². The van der Waals surface area contributed by atoms with Gasteiger partial charge in [0.1, 0.15) is 11.6 Å². The first-order valence-corrected chi connectivity index (χ1v) is 7.83. The Labute approximate surface area is 126 Å². The number of benzene rings is 1. The molecule has 0 bridgehead atoms. The molecule has 1 aromatic rings. The maximum atomic E-state index is 13.8. The summed E-state index contributed by atoms with van der Waals surface area (Å²) in [6.45, 7) is 1.14. The molecule has 20 heavy (non-hydrogen) atoms. The highest BCUT2D eigenvalue weighted by Gasteiger charge is 2.24. The lowest BCUT2D eigenvalue weighted by molar-refractivity contribution is 0.0485. The average Bonchev–Trinajstić information content (AvgIpc) is 2.47. The van der Waals surface area contributed by atoms with Gasteiger partial charge in [0.2, 0.25) is 0 Å². The third-order valence-corrected chi connectivity index (χ3v) is 4.70. The van der Waals surface area contributed by atoms with Crippen molar-refractivity contribution >= 4 is 15.9 Å². The molecule has 0 radical (unpaired) electrons. The molecule has 1 aromatic carbocycles. The van der Waals surface area contributed by atoms with Crippen LogP contribution in [0.5, 0.6) is 0 Å². The van der Waals surface area contributed by atoms with Crippen molar-refractivity contribution in [1.82, 2.24) is 0 Å². The maximum absolute atomic E-state index is 13.8. The normalized spacial score (nSPS) is 23.0. The fourth-order valence-electron chi connectivity index (χ4n) is 2.83. The lowest BCUT2D eigenvalue weighted by atomic mass is 9.80. The maximum Gasteiger partial charge on any atom is 0.145 e. The van der Waals surface area contributed by atoms with Gasteiger partial charge in [-0.2, -0.15) is 0 Å². The molecule has 112 valence electrons. The number of halogens is 3. The molecular formula is C15H20BrF2NO. The minimum absolute atomic E-state index is 0.0144. The van der Waals surface area contributed by atoms with E-state index in [2.05, 4.69) is 15.9 Å². The van der Waals surface area contributed by atoms with Gasteiger partial charge in [-0.15, -0.1) is 0 Å². The number of nitrogens with two attached hydrogens (primary N) is 1. The fourth-order valence-corrected chi connectivity index (χ4v) is 3.20. The predicted molar refractivity (Wildman–Crippen MR) is 78.2 cm³/mol. The molecule has 0 spiro atoms. The molecule has 1 fully saturated rings. The van der Waals surface area contributed by atoms with E-state index in [0.717, 1.165) is 12.8 Å². The molecular weight excluding hydrogens is 328 g/mol. The summed E-state index contributed by atoms with van der Waals surface area (Å²) in [5.41, 5.74) is 5.75. The van der Waals surface area contributed by atoms with Crippen LogP contribution in [0, 0.1) is 23.5 Å². The molecule has 0 aliphatic heterocycles. The van der Waals surface area contributed by atoms with Gasteiger partial charge in [-0.1, -0.05) is 12.8 Å². The van der Waals surface area contributed by atoms with Crippen LogP contribution in [0.3, 0.4) is 0 Å². The largest absolute Gasteiger partial charge is 0.376 e. The highest BCUT2D eigenvalue weighted by molar-refractivity contribution is 9.10. The van der Waals surface area contributed by atoms with E-state index < -0.39 is 11.6 Å². The third-order valence-electron chi connectivity index (χ3n) is 4.09. The van der Waals surface area contributed by atoms with E-state index in [1.165, 1.54) is 25.0 Å². The lowest BCUT2D eigenvalue weighted by Gasteiger charge is -2.30. The summed E-state index contributed by atoms with van der Waals surface area (Å²) in [6, 6.07) is 2.61. The van der Waals surface area contributed by atoms with Crippen LogP contribution in [0.1, 0.15) is 31.2 Å². The molecule has 2 unspecified atom stereocenters. The molecule has 0 saturated heterocycles. The second kappa shape index (κ2) is 7.48. The van der Waals surface area contributed by atoms with E-state index in [1.807, 2.05) is 0 Å². The topological polar surface area (TPSA) is 35.2 Å². The van der Waals surface area contributed by atoms with Crippen LogP contribution in [0.25, 0.3) is 0 Å². The molecule has 0 amide bonds. The number of rotatable bonds is 5. The molecule has 1 aliphatic rings. The van der Waals surface area contributed by atoms with Gasteiger partial charge in [-0.25, -0.2) is 8.78 Å². The van der Waals surface area contributed by atoms with Gasteiger partial charge < -0.3 is 10.5 Å². The monoisotopic (exact) mass is 347 g/mol. The van der Waals surface area contributed by atoms with Crippen molar-refractivity contribution in [3.05, 3.63) is 33.8 Å². The third kappa shape index (κ3) is 3.77. The van der Waals surface area contributed by atoms with E-state index in [0.29, 0.717) is 25.0 Å². The Hall–Kier alpha value is -0.520. The second-order valence-corrected chi connectivity index (χ2v) is 6.23. The van der Waals surface area contributed by atoms with E-state index >= 15 is 0 Å². The molecule has 0 heterocycles. The molecule has 1 saturated carbocycles. The first-order chi connectivity index (χ1) is 9.63. The van der Waals surface area contributed by atoms with Gasteiger partial charge in [0, 0.05) is 0 Å². The summed E-state index contributed by atoms with van der Waals surface area (Å²) < 4.78 is 33.2. The Morgan fingerprint density at radius 1 is 1.20 bits per heavy atom. The van der Waals surface area contributed by atoms with E-state index in [9.17, 15) is 8.78 Å². The van der Waals surface area contributed by atoms with Crippen LogP contribution in [-0.4, -0.2) is 13.2 Å². The minimum atomic E-state index is -0.580. The van der Waals surface area contributed by atoms with Crippen molar-refractivity contribution in [3.63, 3.8) is 0 Å². The number of ether oxygens (including phenoxy) is 1. The lowest BCUT2D eigenvalue weighted by Crippen LogP contribution is -2.29. The summed E-state index contributed by atoms with van der Waals surface area (Å²) in [5, 5.41) is 0. The van der Waals surface area contributed by atoms with Crippen molar-refractivity contribution in [2.45, 2.75) is 32.3 Å². The van der Waals surface area contributed by atoms with E-state index in [4.69, 9.17) is 10.5 Å². The average molecular weight is 348 g/mol. The minimum Gasteiger partial charge on any atom is -0.376 e. The number of hydrogen-bond donors (Lipinski definition) is 1. The van der Waals surface area contributed by atoms with Crippen LogP contribution in [0.4, 0.5) is 8.78 Å². The molecule has 5 heteroatoms. The van der Waals surface area contributed by atoms with E-state index in [-0.39, 0.29) is 16.6 Å². The Bertz CT molecular complexity index is 456. The van der Waals surface area contributed by atoms with Crippen LogP contribution in [0.15, 0.2) is 16.6 Å². The smallest absolute Gasteiger partial charge is 0.145 e. The van der Waals surface area contributed by atoms with E-state index in [1.54, 1.807) is 0 Å². The molecule has 1 aliphatic carbocycles. The molecule has 2 rings (SSSR count). The molecule has 0 aromatic heterocycles. The highest BCUT2D eigenvalue weighted by Crippen LogP contribution is 2.30. The first-order valence-electron chi connectivity index (χ1n) is 7.03. The summed E-state index contributed by atoms with van der Waals surface area (Å²) in [4.78, 5) is 0.